The lowest BCUT2D eigenvalue weighted by molar-refractivity contribution is -0.263. The van der Waals surface area contributed by atoms with Crippen LogP contribution >= 0.6 is 0 Å². The van der Waals surface area contributed by atoms with Crippen molar-refractivity contribution < 1.29 is 19.7 Å². The van der Waals surface area contributed by atoms with Crippen molar-refractivity contribution in [2.75, 3.05) is 13.2 Å². The largest absolute Gasteiger partial charge is 0.394 e. The van der Waals surface area contributed by atoms with Crippen molar-refractivity contribution in [3.8, 4) is 0 Å². The van der Waals surface area contributed by atoms with Gasteiger partial charge in [0, 0.05) is 5.56 Å². The molecule has 2 N–H and O–H groups in total. The molecule has 1 heterocycles. The molecule has 0 radical (unpaired) electrons. The lowest BCUT2D eigenvalue weighted by Gasteiger charge is -2.33. The first-order chi connectivity index (χ1) is 7.31. The molecule has 1 aliphatic heterocycles. The van der Waals surface area contributed by atoms with Crippen LogP contribution < -0.4 is 0 Å². The number of aliphatic hydroxyl groups is 2. The fraction of sp³-hybridized carbons (Fsp3) is 0.455. The van der Waals surface area contributed by atoms with Gasteiger partial charge in [-0.25, -0.2) is 0 Å². The van der Waals surface area contributed by atoms with Gasteiger partial charge in [-0.3, -0.25) is 0 Å². The third kappa shape index (κ3) is 2.35. The SMILES string of the molecule is OCC1OC(c2ccccc2)OC[C@H]1O. The van der Waals surface area contributed by atoms with E-state index in [4.69, 9.17) is 14.6 Å². The highest BCUT2D eigenvalue weighted by Gasteiger charge is 2.30. The van der Waals surface area contributed by atoms with Gasteiger partial charge in [0.25, 0.3) is 0 Å². The predicted octanol–water partition coefficient (Wildman–Crippen LogP) is 0.454. The van der Waals surface area contributed by atoms with Crippen LogP contribution in [0.5, 0.6) is 0 Å². The number of rotatable bonds is 2. The molecule has 0 bridgehead atoms. The van der Waals surface area contributed by atoms with Gasteiger partial charge < -0.3 is 19.7 Å². The van der Waals surface area contributed by atoms with Gasteiger partial charge in [0.1, 0.15) is 12.2 Å². The fourth-order valence-electron chi connectivity index (χ4n) is 1.53. The third-order valence-electron chi connectivity index (χ3n) is 2.40. The van der Waals surface area contributed by atoms with E-state index in [1.165, 1.54) is 0 Å². The van der Waals surface area contributed by atoms with E-state index >= 15 is 0 Å². The van der Waals surface area contributed by atoms with Crippen LogP contribution in [0.15, 0.2) is 30.3 Å². The quantitative estimate of drug-likeness (QED) is 0.744. The molecule has 2 unspecified atom stereocenters. The van der Waals surface area contributed by atoms with Crippen LogP contribution in [-0.4, -0.2) is 35.6 Å². The third-order valence-corrected chi connectivity index (χ3v) is 2.40. The number of ether oxygens (including phenoxy) is 2. The monoisotopic (exact) mass is 210 g/mol. The molecular formula is C11H14O4. The van der Waals surface area contributed by atoms with E-state index in [0.29, 0.717) is 0 Å². The van der Waals surface area contributed by atoms with Gasteiger partial charge >= 0.3 is 0 Å². The van der Waals surface area contributed by atoms with Crippen molar-refractivity contribution in [3.05, 3.63) is 35.9 Å². The van der Waals surface area contributed by atoms with Crippen LogP contribution in [0.1, 0.15) is 11.9 Å². The highest BCUT2D eigenvalue weighted by Crippen LogP contribution is 2.25. The lowest BCUT2D eigenvalue weighted by Crippen LogP contribution is -2.42. The van der Waals surface area contributed by atoms with Gasteiger partial charge in [-0.1, -0.05) is 30.3 Å². The van der Waals surface area contributed by atoms with Gasteiger partial charge in [-0.15, -0.1) is 0 Å². The van der Waals surface area contributed by atoms with Crippen LogP contribution in [0.25, 0.3) is 0 Å². The molecule has 1 saturated heterocycles. The Labute approximate surface area is 88.1 Å². The Morgan fingerprint density at radius 3 is 2.67 bits per heavy atom. The molecule has 0 saturated carbocycles. The molecule has 0 aliphatic carbocycles. The van der Waals surface area contributed by atoms with Crippen molar-refractivity contribution in [1.29, 1.82) is 0 Å². The molecule has 1 aromatic rings. The maximum Gasteiger partial charge on any atom is 0.184 e. The molecule has 3 atom stereocenters. The summed E-state index contributed by atoms with van der Waals surface area (Å²) in [4.78, 5) is 0. The molecule has 4 heteroatoms. The second kappa shape index (κ2) is 4.72. The van der Waals surface area contributed by atoms with E-state index in [9.17, 15) is 5.11 Å². The van der Waals surface area contributed by atoms with Crippen molar-refractivity contribution in [2.24, 2.45) is 0 Å². The summed E-state index contributed by atoms with van der Waals surface area (Å²) >= 11 is 0. The second-order valence-corrected chi connectivity index (χ2v) is 3.50. The summed E-state index contributed by atoms with van der Waals surface area (Å²) < 4.78 is 10.7. The Morgan fingerprint density at radius 2 is 2.00 bits per heavy atom. The minimum atomic E-state index is -0.755. The first kappa shape index (κ1) is 10.6. The smallest absolute Gasteiger partial charge is 0.184 e. The van der Waals surface area contributed by atoms with Crippen molar-refractivity contribution in [2.45, 2.75) is 18.5 Å². The van der Waals surface area contributed by atoms with Gasteiger partial charge in [0.15, 0.2) is 6.29 Å². The molecule has 0 aromatic heterocycles. The van der Waals surface area contributed by atoms with Crippen molar-refractivity contribution in [3.63, 3.8) is 0 Å². The number of hydrogen-bond donors (Lipinski definition) is 2. The van der Waals surface area contributed by atoms with E-state index in [1.54, 1.807) is 0 Å². The topological polar surface area (TPSA) is 58.9 Å². The van der Waals surface area contributed by atoms with E-state index in [2.05, 4.69) is 0 Å². The molecule has 0 amide bonds. The van der Waals surface area contributed by atoms with Crippen LogP contribution in [-0.2, 0) is 9.47 Å². The lowest BCUT2D eigenvalue weighted by atomic mass is 10.1. The van der Waals surface area contributed by atoms with Crippen molar-refractivity contribution >= 4 is 0 Å². The molecule has 2 rings (SSSR count). The Balaban J connectivity index is 2.06. The minimum Gasteiger partial charge on any atom is -0.394 e. The summed E-state index contributed by atoms with van der Waals surface area (Å²) in [5, 5.41) is 18.4. The standard InChI is InChI=1S/C11H14O4/c12-6-10-9(13)7-14-11(15-10)8-4-2-1-3-5-8/h1-5,9-13H,6-7H2/t9-,10?,11?/m1/s1. The number of benzene rings is 1. The summed E-state index contributed by atoms with van der Waals surface area (Å²) in [6.45, 7) is -0.0152. The maximum atomic E-state index is 9.42. The minimum absolute atomic E-state index is 0.185. The molecule has 4 nitrogen and oxygen atoms in total. The summed E-state index contributed by atoms with van der Waals surface area (Å²) in [5.74, 6) is 0. The van der Waals surface area contributed by atoms with Crippen LogP contribution in [0.2, 0.25) is 0 Å². The van der Waals surface area contributed by atoms with Gasteiger partial charge in [-0.05, 0) is 0 Å². The average molecular weight is 210 g/mol. The maximum absolute atomic E-state index is 9.42. The molecule has 1 fully saturated rings. The predicted molar refractivity (Wildman–Crippen MR) is 53.1 cm³/mol. The fourth-order valence-corrected chi connectivity index (χ4v) is 1.53. The first-order valence-electron chi connectivity index (χ1n) is 4.92. The summed E-state index contributed by atoms with van der Waals surface area (Å²) in [6, 6.07) is 9.46. The zero-order valence-electron chi connectivity index (χ0n) is 8.24. The van der Waals surface area contributed by atoms with Gasteiger partial charge in [0.05, 0.1) is 13.2 Å². The van der Waals surface area contributed by atoms with Gasteiger partial charge in [0.2, 0.25) is 0 Å². The second-order valence-electron chi connectivity index (χ2n) is 3.50. The number of aliphatic hydroxyl groups excluding tert-OH is 2. The molecule has 82 valence electrons. The van der Waals surface area contributed by atoms with Crippen LogP contribution in [0.4, 0.5) is 0 Å². The Morgan fingerprint density at radius 1 is 1.27 bits per heavy atom. The summed E-state index contributed by atoms with van der Waals surface area (Å²) in [6.07, 6.45) is -1.81. The zero-order chi connectivity index (χ0) is 10.7. The van der Waals surface area contributed by atoms with Crippen LogP contribution in [0, 0.1) is 0 Å². The molecule has 15 heavy (non-hydrogen) atoms. The van der Waals surface area contributed by atoms with Crippen LogP contribution in [0.3, 0.4) is 0 Å². The molecule has 1 aromatic carbocycles. The Hall–Kier alpha value is -0.940. The highest BCUT2D eigenvalue weighted by atomic mass is 16.7. The zero-order valence-corrected chi connectivity index (χ0v) is 8.24. The molecule has 0 spiro atoms. The van der Waals surface area contributed by atoms with E-state index in [0.717, 1.165) is 5.56 Å². The van der Waals surface area contributed by atoms with Crippen molar-refractivity contribution in [1.82, 2.24) is 0 Å². The first-order valence-corrected chi connectivity index (χ1v) is 4.92. The summed E-state index contributed by atoms with van der Waals surface area (Å²) in [5.41, 5.74) is 0.892. The normalized spacial score (nSPS) is 31.5. The Kier molecular flexibility index (Phi) is 3.33. The van der Waals surface area contributed by atoms with Gasteiger partial charge in [-0.2, -0.15) is 0 Å². The van der Waals surface area contributed by atoms with E-state index in [-0.39, 0.29) is 13.2 Å². The average Bonchev–Trinajstić information content (AvgIpc) is 2.31. The Bertz CT molecular complexity index is 301. The number of hydrogen-bond acceptors (Lipinski definition) is 4. The summed E-state index contributed by atoms with van der Waals surface area (Å²) in [7, 11) is 0. The molecular weight excluding hydrogens is 196 g/mol. The molecule has 1 aliphatic rings. The van der Waals surface area contributed by atoms with E-state index in [1.807, 2.05) is 30.3 Å². The van der Waals surface area contributed by atoms with E-state index < -0.39 is 18.5 Å². The highest BCUT2D eigenvalue weighted by molar-refractivity contribution is 5.16.